The lowest BCUT2D eigenvalue weighted by molar-refractivity contribution is -0.141. The van der Waals surface area contributed by atoms with Crippen LogP contribution in [0, 0.1) is 0 Å². The molecule has 7 heteroatoms. The second kappa shape index (κ2) is 5.18. The van der Waals surface area contributed by atoms with Gasteiger partial charge in [0, 0.05) is 28.7 Å². The molecule has 2 atom stereocenters. The Balaban J connectivity index is 2.27. The number of carboxylic acid groups (broad SMARTS) is 1. The lowest BCUT2D eigenvalue weighted by atomic mass is 10.1. The van der Waals surface area contributed by atoms with Crippen LogP contribution in [-0.4, -0.2) is 45.7 Å². The Hall–Kier alpha value is -1.60. The number of nitrogens with two attached hydrogens (primary N) is 1. The quantitative estimate of drug-likeness (QED) is 0.693. The number of hydrogen-bond acceptors (Lipinski definition) is 4. The summed E-state index contributed by atoms with van der Waals surface area (Å²) in [6.45, 7) is 0.0256. The van der Waals surface area contributed by atoms with Gasteiger partial charge in [-0.3, -0.25) is 4.79 Å². The number of aliphatic hydroxyl groups is 1. The predicted octanol–water partition coefficient (Wildman–Crippen LogP) is 0.691. The van der Waals surface area contributed by atoms with Gasteiger partial charge in [-0.25, -0.2) is 4.79 Å². The second-order valence-corrected chi connectivity index (χ2v) is 5.29. The average Bonchev–Trinajstić information content (AvgIpc) is 2.74. The van der Waals surface area contributed by atoms with Crippen molar-refractivity contribution in [2.75, 3.05) is 12.3 Å². The highest BCUT2D eigenvalue weighted by Crippen LogP contribution is 2.25. The van der Waals surface area contributed by atoms with Gasteiger partial charge in [0.05, 0.1) is 6.10 Å². The van der Waals surface area contributed by atoms with Crippen molar-refractivity contribution in [2.24, 2.45) is 0 Å². The van der Waals surface area contributed by atoms with Gasteiger partial charge in [0.15, 0.2) is 0 Å². The number of halogens is 1. The highest BCUT2D eigenvalue weighted by Gasteiger charge is 2.39. The van der Waals surface area contributed by atoms with Gasteiger partial charge in [0.2, 0.25) is 0 Å². The number of rotatable bonds is 2. The number of likely N-dealkylation sites (tertiary alicyclic amines) is 1. The van der Waals surface area contributed by atoms with E-state index in [4.69, 9.17) is 10.8 Å². The maximum absolute atomic E-state index is 12.3. The summed E-state index contributed by atoms with van der Waals surface area (Å²) in [4.78, 5) is 24.5. The number of carboxylic acids is 1. The van der Waals surface area contributed by atoms with E-state index in [9.17, 15) is 14.7 Å². The molecule has 0 unspecified atom stereocenters. The summed E-state index contributed by atoms with van der Waals surface area (Å²) in [5.74, 6) is -1.54. The van der Waals surface area contributed by atoms with Crippen LogP contribution in [0.15, 0.2) is 22.7 Å². The standard InChI is InChI=1S/C12H13BrN2O4/c13-8-3-6(1-2-9(8)14)11(17)15-5-7(16)4-10(15)12(18)19/h1-3,7,10,16H,4-5,14H2,(H,18,19)/t7-,10-/m0/s1. The van der Waals surface area contributed by atoms with Crippen LogP contribution in [0.4, 0.5) is 5.69 Å². The van der Waals surface area contributed by atoms with Gasteiger partial charge in [-0.1, -0.05) is 0 Å². The van der Waals surface area contributed by atoms with Crippen molar-refractivity contribution in [3.8, 4) is 0 Å². The van der Waals surface area contributed by atoms with Gasteiger partial charge in [-0.05, 0) is 34.1 Å². The Labute approximate surface area is 117 Å². The first-order valence-electron chi connectivity index (χ1n) is 5.67. The van der Waals surface area contributed by atoms with E-state index in [2.05, 4.69) is 15.9 Å². The fraction of sp³-hybridized carbons (Fsp3) is 0.333. The Bertz CT molecular complexity index is 534. The third kappa shape index (κ3) is 2.71. The molecule has 0 aromatic heterocycles. The van der Waals surface area contributed by atoms with E-state index in [1.54, 1.807) is 12.1 Å². The molecule has 0 radical (unpaired) electrons. The number of hydrogen-bond donors (Lipinski definition) is 3. The van der Waals surface area contributed by atoms with Crippen LogP contribution in [0.5, 0.6) is 0 Å². The van der Waals surface area contributed by atoms with Crippen LogP contribution < -0.4 is 5.73 Å². The number of aliphatic carboxylic acids is 1. The molecule has 1 heterocycles. The maximum atomic E-state index is 12.3. The average molecular weight is 329 g/mol. The number of nitrogens with zero attached hydrogens (tertiary/aromatic N) is 1. The van der Waals surface area contributed by atoms with Crippen LogP contribution in [0.25, 0.3) is 0 Å². The van der Waals surface area contributed by atoms with E-state index in [0.29, 0.717) is 15.7 Å². The summed E-state index contributed by atoms with van der Waals surface area (Å²) in [5.41, 5.74) is 6.46. The van der Waals surface area contributed by atoms with Gasteiger partial charge < -0.3 is 20.8 Å². The predicted molar refractivity (Wildman–Crippen MR) is 71.6 cm³/mol. The van der Waals surface area contributed by atoms with E-state index < -0.39 is 24.0 Å². The van der Waals surface area contributed by atoms with Crippen molar-refractivity contribution >= 4 is 33.5 Å². The van der Waals surface area contributed by atoms with Crippen molar-refractivity contribution < 1.29 is 19.8 Å². The minimum atomic E-state index is -1.11. The lowest BCUT2D eigenvalue weighted by Crippen LogP contribution is -2.40. The summed E-state index contributed by atoms with van der Waals surface area (Å²) < 4.78 is 0.574. The van der Waals surface area contributed by atoms with E-state index >= 15 is 0 Å². The van der Waals surface area contributed by atoms with Crippen LogP contribution in [0.3, 0.4) is 0 Å². The first-order valence-corrected chi connectivity index (χ1v) is 6.46. The van der Waals surface area contributed by atoms with Crippen molar-refractivity contribution in [3.05, 3.63) is 28.2 Å². The van der Waals surface area contributed by atoms with Gasteiger partial charge in [-0.2, -0.15) is 0 Å². The van der Waals surface area contributed by atoms with Crippen molar-refractivity contribution in [3.63, 3.8) is 0 Å². The van der Waals surface area contributed by atoms with E-state index in [-0.39, 0.29) is 13.0 Å². The number of β-amino-alcohol motifs (C(OH)–C–C–N with tert-alkyl or cyclic N) is 1. The molecular weight excluding hydrogens is 316 g/mol. The zero-order valence-electron chi connectivity index (χ0n) is 9.91. The van der Waals surface area contributed by atoms with Crippen molar-refractivity contribution in [1.29, 1.82) is 0 Å². The molecule has 1 aliphatic heterocycles. The van der Waals surface area contributed by atoms with E-state index in [1.807, 2.05) is 0 Å². The second-order valence-electron chi connectivity index (χ2n) is 4.44. The summed E-state index contributed by atoms with van der Waals surface area (Å²) in [6, 6.07) is 3.66. The van der Waals surface area contributed by atoms with Gasteiger partial charge in [-0.15, -0.1) is 0 Å². The molecule has 2 rings (SSSR count). The normalized spacial score (nSPS) is 22.5. The Morgan fingerprint density at radius 1 is 1.42 bits per heavy atom. The monoisotopic (exact) mass is 328 g/mol. The molecule has 0 spiro atoms. The topological polar surface area (TPSA) is 104 Å². The van der Waals surface area contributed by atoms with Crippen molar-refractivity contribution in [1.82, 2.24) is 4.90 Å². The molecule has 1 fully saturated rings. The summed E-state index contributed by atoms with van der Waals surface area (Å²) in [7, 11) is 0. The van der Waals surface area contributed by atoms with Crippen LogP contribution >= 0.6 is 15.9 Å². The molecule has 1 aromatic rings. The molecular formula is C12H13BrN2O4. The third-order valence-corrected chi connectivity index (χ3v) is 3.76. The first kappa shape index (κ1) is 13.8. The fourth-order valence-corrected chi connectivity index (χ4v) is 2.48. The molecule has 1 saturated heterocycles. The van der Waals surface area contributed by atoms with Gasteiger partial charge in [0.25, 0.3) is 5.91 Å². The smallest absolute Gasteiger partial charge is 0.326 e. The van der Waals surface area contributed by atoms with Gasteiger partial charge >= 0.3 is 5.97 Å². The summed E-state index contributed by atoms with van der Waals surface area (Å²) in [5, 5.41) is 18.6. The maximum Gasteiger partial charge on any atom is 0.326 e. The number of nitrogen functional groups attached to an aromatic ring is 1. The number of anilines is 1. The Morgan fingerprint density at radius 3 is 2.68 bits per heavy atom. The molecule has 0 saturated carbocycles. The van der Waals surface area contributed by atoms with E-state index in [1.165, 1.54) is 11.0 Å². The van der Waals surface area contributed by atoms with Crippen LogP contribution in [0.2, 0.25) is 0 Å². The Kier molecular flexibility index (Phi) is 3.77. The zero-order valence-corrected chi connectivity index (χ0v) is 11.5. The lowest BCUT2D eigenvalue weighted by Gasteiger charge is -2.21. The van der Waals surface area contributed by atoms with E-state index in [0.717, 1.165) is 0 Å². The largest absolute Gasteiger partial charge is 0.480 e. The number of carbonyl (C=O) groups is 2. The zero-order chi connectivity index (χ0) is 14.2. The summed E-state index contributed by atoms with van der Waals surface area (Å²) >= 11 is 3.22. The third-order valence-electron chi connectivity index (χ3n) is 3.07. The van der Waals surface area contributed by atoms with Gasteiger partial charge in [0.1, 0.15) is 6.04 Å². The highest BCUT2D eigenvalue weighted by atomic mass is 79.9. The fourth-order valence-electron chi connectivity index (χ4n) is 2.10. The summed E-state index contributed by atoms with van der Waals surface area (Å²) in [6.07, 6.45) is -0.751. The molecule has 6 nitrogen and oxygen atoms in total. The van der Waals surface area contributed by atoms with Crippen LogP contribution in [-0.2, 0) is 4.79 Å². The number of carbonyl (C=O) groups excluding carboxylic acids is 1. The SMILES string of the molecule is Nc1ccc(C(=O)N2C[C@@H](O)C[C@H]2C(=O)O)cc1Br. The molecule has 19 heavy (non-hydrogen) atoms. The molecule has 0 aliphatic carbocycles. The molecule has 1 aliphatic rings. The number of benzene rings is 1. The molecule has 1 aromatic carbocycles. The minimum absolute atomic E-state index is 0.0256. The molecule has 102 valence electrons. The van der Waals surface area contributed by atoms with Crippen LogP contribution in [0.1, 0.15) is 16.8 Å². The number of amides is 1. The first-order chi connectivity index (χ1) is 8.90. The molecule has 4 N–H and O–H groups in total. The number of aliphatic hydroxyl groups excluding tert-OH is 1. The molecule has 0 bridgehead atoms. The Morgan fingerprint density at radius 2 is 2.11 bits per heavy atom. The minimum Gasteiger partial charge on any atom is -0.480 e. The molecule has 1 amide bonds. The highest BCUT2D eigenvalue weighted by molar-refractivity contribution is 9.10. The van der Waals surface area contributed by atoms with Crippen molar-refractivity contribution in [2.45, 2.75) is 18.6 Å².